The van der Waals surface area contributed by atoms with E-state index in [2.05, 4.69) is 21.2 Å². The van der Waals surface area contributed by atoms with Crippen LogP contribution >= 0.6 is 27.5 Å². The molecule has 1 N–H and O–H groups in total. The van der Waals surface area contributed by atoms with E-state index in [1.54, 1.807) is 18.2 Å². The van der Waals surface area contributed by atoms with Crippen LogP contribution in [0.15, 0.2) is 22.7 Å². The van der Waals surface area contributed by atoms with E-state index in [1.165, 1.54) is 0 Å². The number of alkyl carbamates (subject to hydrolysis) is 1. The van der Waals surface area contributed by atoms with Crippen LogP contribution in [0.25, 0.3) is 0 Å². The van der Waals surface area contributed by atoms with Crippen LogP contribution in [0.5, 0.6) is 5.75 Å². The largest absolute Gasteiger partial charge is 0.490 e. The zero-order valence-electron chi connectivity index (χ0n) is 16.6. The van der Waals surface area contributed by atoms with Gasteiger partial charge in [-0.25, -0.2) is 4.79 Å². The maximum Gasteiger partial charge on any atom is 0.407 e. The molecule has 1 amide bonds. The van der Waals surface area contributed by atoms with Crippen LogP contribution in [0.4, 0.5) is 4.79 Å². The van der Waals surface area contributed by atoms with Gasteiger partial charge in [0.25, 0.3) is 0 Å². The van der Waals surface area contributed by atoms with Gasteiger partial charge in [0.2, 0.25) is 0 Å². The first kappa shape index (κ1) is 25.0. The van der Waals surface area contributed by atoms with E-state index in [0.29, 0.717) is 57.8 Å². The van der Waals surface area contributed by atoms with Crippen molar-refractivity contribution in [2.75, 3.05) is 52.8 Å². The van der Waals surface area contributed by atoms with Gasteiger partial charge < -0.3 is 29.0 Å². The maximum atomic E-state index is 11.4. The Morgan fingerprint density at radius 3 is 2.14 bits per heavy atom. The lowest BCUT2D eigenvalue weighted by Crippen LogP contribution is -2.34. The molecule has 1 aromatic carbocycles. The molecule has 0 unspecified atom stereocenters. The Morgan fingerprint density at radius 1 is 1.00 bits per heavy atom. The molecule has 0 atom stereocenters. The third-order valence-electron chi connectivity index (χ3n) is 3.04. The average Bonchev–Trinajstić information content (AvgIpc) is 2.59. The predicted molar refractivity (Wildman–Crippen MR) is 111 cm³/mol. The lowest BCUT2D eigenvalue weighted by atomic mass is 10.2. The Kier molecular flexibility index (Phi) is 12.5. The molecule has 0 aliphatic heterocycles. The van der Waals surface area contributed by atoms with Gasteiger partial charge in [-0.1, -0.05) is 11.6 Å². The monoisotopic (exact) mass is 481 g/mol. The number of carbonyl (C=O) groups is 1. The summed E-state index contributed by atoms with van der Waals surface area (Å²) in [5.41, 5.74) is -0.500. The van der Waals surface area contributed by atoms with Crippen LogP contribution in [0.3, 0.4) is 0 Å². The summed E-state index contributed by atoms with van der Waals surface area (Å²) in [5.74, 6) is 0.725. The topological polar surface area (TPSA) is 75.3 Å². The third-order valence-corrected chi connectivity index (χ3v) is 3.89. The first-order chi connectivity index (χ1) is 13.3. The number of hydrogen-bond donors (Lipinski definition) is 1. The number of halogens is 2. The number of benzene rings is 1. The maximum absolute atomic E-state index is 11.4. The van der Waals surface area contributed by atoms with E-state index in [1.807, 2.05) is 20.8 Å². The lowest BCUT2D eigenvalue weighted by molar-refractivity contribution is 0.00901. The number of carbonyl (C=O) groups excluding carboxylic acids is 1. The van der Waals surface area contributed by atoms with Crippen molar-refractivity contribution in [2.24, 2.45) is 0 Å². The minimum absolute atomic E-state index is 0.391. The summed E-state index contributed by atoms with van der Waals surface area (Å²) in [6.07, 6.45) is -0.447. The highest BCUT2D eigenvalue weighted by Gasteiger charge is 2.15. The molecule has 7 nitrogen and oxygen atoms in total. The Morgan fingerprint density at radius 2 is 1.57 bits per heavy atom. The van der Waals surface area contributed by atoms with Gasteiger partial charge in [0, 0.05) is 11.6 Å². The number of amides is 1. The fourth-order valence-corrected chi connectivity index (χ4v) is 2.68. The van der Waals surface area contributed by atoms with E-state index in [-0.39, 0.29) is 0 Å². The first-order valence-electron chi connectivity index (χ1n) is 9.06. The van der Waals surface area contributed by atoms with Gasteiger partial charge in [-0.2, -0.15) is 0 Å². The molecule has 0 aliphatic rings. The zero-order valence-corrected chi connectivity index (χ0v) is 18.9. The highest BCUT2D eigenvalue weighted by Crippen LogP contribution is 2.27. The van der Waals surface area contributed by atoms with Crippen molar-refractivity contribution >= 4 is 33.6 Å². The Bertz CT molecular complexity index is 582. The SMILES string of the molecule is CC(C)(C)OC(=O)NCCOCCOCCOCCOc1ccc(Cl)cc1Br. The smallest absolute Gasteiger partial charge is 0.407 e. The normalized spacial score (nSPS) is 11.3. The fourth-order valence-electron chi connectivity index (χ4n) is 1.88. The Hall–Kier alpha value is -1.06. The Labute approximate surface area is 180 Å². The van der Waals surface area contributed by atoms with Gasteiger partial charge in [-0.05, 0) is 54.9 Å². The minimum atomic E-state index is -0.500. The van der Waals surface area contributed by atoms with Gasteiger partial charge >= 0.3 is 6.09 Å². The van der Waals surface area contributed by atoms with Crippen molar-refractivity contribution in [1.82, 2.24) is 5.32 Å². The molecular weight excluding hydrogens is 454 g/mol. The highest BCUT2D eigenvalue weighted by molar-refractivity contribution is 9.10. The zero-order chi connectivity index (χ0) is 20.8. The Balaban J connectivity index is 1.86. The molecule has 0 bridgehead atoms. The van der Waals surface area contributed by atoms with E-state index >= 15 is 0 Å². The second-order valence-corrected chi connectivity index (χ2v) is 7.98. The third kappa shape index (κ3) is 13.2. The molecule has 0 radical (unpaired) electrons. The summed E-state index contributed by atoms with van der Waals surface area (Å²) in [6, 6.07) is 5.35. The predicted octanol–water partition coefficient (Wildman–Crippen LogP) is 4.06. The highest BCUT2D eigenvalue weighted by atomic mass is 79.9. The molecule has 1 rings (SSSR count). The second-order valence-electron chi connectivity index (χ2n) is 6.69. The molecule has 0 saturated carbocycles. The first-order valence-corrected chi connectivity index (χ1v) is 10.2. The average molecular weight is 483 g/mol. The molecule has 160 valence electrons. The van der Waals surface area contributed by atoms with Crippen LogP contribution in [-0.4, -0.2) is 64.5 Å². The molecule has 9 heteroatoms. The molecule has 1 aromatic rings. The van der Waals surface area contributed by atoms with E-state index in [0.717, 1.165) is 10.2 Å². The van der Waals surface area contributed by atoms with Crippen LogP contribution < -0.4 is 10.1 Å². The quantitative estimate of drug-likeness (QED) is 0.427. The van der Waals surface area contributed by atoms with Crippen molar-refractivity contribution in [3.05, 3.63) is 27.7 Å². The van der Waals surface area contributed by atoms with Crippen LogP contribution in [-0.2, 0) is 18.9 Å². The molecular formula is C19H29BrClNO6. The standard InChI is InChI=1S/C19H29BrClNO6/c1-19(2,3)28-18(23)22-6-7-24-8-9-25-10-11-26-12-13-27-17-5-4-15(21)14-16(17)20/h4-5,14H,6-13H2,1-3H3,(H,22,23). The molecule has 0 heterocycles. The van der Waals surface area contributed by atoms with Crippen LogP contribution in [0, 0.1) is 0 Å². The van der Waals surface area contributed by atoms with Crippen molar-refractivity contribution in [3.63, 3.8) is 0 Å². The molecule has 0 spiro atoms. The van der Waals surface area contributed by atoms with Crippen molar-refractivity contribution < 1.29 is 28.5 Å². The molecule has 28 heavy (non-hydrogen) atoms. The van der Waals surface area contributed by atoms with Gasteiger partial charge in [0.1, 0.15) is 18.0 Å². The number of rotatable bonds is 13. The van der Waals surface area contributed by atoms with Crippen LogP contribution in [0.2, 0.25) is 5.02 Å². The number of hydrogen-bond acceptors (Lipinski definition) is 6. The summed E-state index contributed by atoms with van der Waals surface area (Å²) in [4.78, 5) is 11.4. The summed E-state index contributed by atoms with van der Waals surface area (Å²) < 4.78 is 27.7. The molecule has 0 fully saturated rings. The van der Waals surface area contributed by atoms with Crippen molar-refractivity contribution in [1.29, 1.82) is 0 Å². The molecule has 0 aromatic heterocycles. The molecule has 0 aliphatic carbocycles. The summed E-state index contributed by atoms with van der Waals surface area (Å²) in [6.45, 7) is 9.00. The van der Waals surface area contributed by atoms with Gasteiger partial charge in [0.05, 0.1) is 44.1 Å². The second kappa shape index (κ2) is 14.0. The van der Waals surface area contributed by atoms with Gasteiger partial charge in [0.15, 0.2) is 0 Å². The number of ether oxygens (including phenoxy) is 5. The van der Waals surface area contributed by atoms with E-state index < -0.39 is 11.7 Å². The van der Waals surface area contributed by atoms with Gasteiger partial charge in [-0.15, -0.1) is 0 Å². The minimum Gasteiger partial charge on any atom is -0.490 e. The van der Waals surface area contributed by atoms with Gasteiger partial charge in [-0.3, -0.25) is 0 Å². The molecule has 0 saturated heterocycles. The summed E-state index contributed by atoms with van der Waals surface area (Å²) in [7, 11) is 0. The van der Waals surface area contributed by atoms with E-state index in [9.17, 15) is 4.79 Å². The number of nitrogens with one attached hydrogen (secondary N) is 1. The van der Waals surface area contributed by atoms with Crippen LogP contribution in [0.1, 0.15) is 20.8 Å². The fraction of sp³-hybridized carbons (Fsp3) is 0.632. The van der Waals surface area contributed by atoms with E-state index in [4.69, 9.17) is 35.3 Å². The summed E-state index contributed by atoms with van der Waals surface area (Å²) in [5, 5.41) is 3.27. The summed E-state index contributed by atoms with van der Waals surface area (Å²) >= 11 is 9.27. The van der Waals surface area contributed by atoms with Crippen molar-refractivity contribution in [2.45, 2.75) is 26.4 Å². The van der Waals surface area contributed by atoms with Crippen molar-refractivity contribution in [3.8, 4) is 5.75 Å². The lowest BCUT2D eigenvalue weighted by Gasteiger charge is -2.19.